The number of hydrogen-bond acceptors (Lipinski definition) is 6. The number of aryl methyl sites for hydroxylation is 2. The molecular formula is C25H31N3O3S2. The van der Waals surface area contributed by atoms with E-state index in [0.29, 0.717) is 18.3 Å². The van der Waals surface area contributed by atoms with Gasteiger partial charge in [0.2, 0.25) is 5.91 Å². The maximum atomic E-state index is 13.5. The van der Waals surface area contributed by atoms with Gasteiger partial charge in [0.15, 0.2) is 5.16 Å². The smallest absolute Gasteiger partial charge is 0.263 e. The summed E-state index contributed by atoms with van der Waals surface area (Å²) >= 11 is 3.01. The van der Waals surface area contributed by atoms with E-state index < -0.39 is 0 Å². The molecule has 1 unspecified atom stereocenters. The predicted octanol–water partition coefficient (Wildman–Crippen LogP) is 4.69. The second-order valence-electron chi connectivity index (χ2n) is 8.47. The minimum absolute atomic E-state index is 0.0135. The number of ether oxygens (including phenoxy) is 1. The molecule has 8 heteroatoms. The summed E-state index contributed by atoms with van der Waals surface area (Å²) in [5.74, 6) is 0.251. The fourth-order valence-corrected chi connectivity index (χ4v) is 6.55. The van der Waals surface area contributed by atoms with E-state index in [2.05, 4.69) is 0 Å². The number of hydrogen-bond donors (Lipinski definition) is 0. The Hall–Kier alpha value is -2.16. The first kappa shape index (κ1) is 24.0. The number of nitrogens with zero attached hydrogens (tertiary/aromatic N) is 3. The zero-order chi connectivity index (χ0) is 23.4. The summed E-state index contributed by atoms with van der Waals surface area (Å²) in [5, 5.41) is 1.41. The molecule has 1 atom stereocenters. The topological polar surface area (TPSA) is 64.4 Å². The van der Waals surface area contributed by atoms with Crippen LogP contribution in [0.2, 0.25) is 0 Å². The number of benzene rings is 1. The number of carbonyl (C=O) groups is 1. The van der Waals surface area contributed by atoms with Crippen LogP contribution in [0.3, 0.4) is 0 Å². The highest BCUT2D eigenvalue weighted by Gasteiger charge is 2.23. The minimum Gasteiger partial charge on any atom is -0.385 e. The van der Waals surface area contributed by atoms with Gasteiger partial charge in [0, 0.05) is 32.2 Å². The molecule has 6 nitrogen and oxygen atoms in total. The van der Waals surface area contributed by atoms with Crippen LogP contribution in [0.4, 0.5) is 0 Å². The summed E-state index contributed by atoms with van der Waals surface area (Å²) in [4.78, 5) is 35.3. The van der Waals surface area contributed by atoms with Crippen molar-refractivity contribution in [2.24, 2.45) is 0 Å². The van der Waals surface area contributed by atoms with Crippen LogP contribution in [-0.2, 0) is 28.9 Å². The predicted molar refractivity (Wildman–Crippen MR) is 135 cm³/mol. The van der Waals surface area contributed by atoms with Crippen molar-refractivity contribution >= 4 is 39.2 Å². The zero-order valence-corrected chi connectivity index (χ0v) is 21.1. The van der Waals surface area contributed by atoms with Gasteiger partial charge in [-0.1, -0.05) is 42.1 Å². The molecule has 1 aliphatic carbocycles. The zero-order valence-electron chi connectivity index (χ0n) is 19.5. The standard InChI is InChI=1S/C25H31N3O3S2/c1-17(18-10-5-4-6-11-18)27(2)21(29)16-32-25-26-23-22(19-12-7-8-13-20(19)33-23)24(30)28(25)14-9-15-31-3/h4-6,10-11,17H,7-9,12-16H2,1-3H3. The second kappa shape index (κ2) is 10.8. The lowest BCUT2D eigenvalue weighted by Crippen LogP contribution is -2.31. The fourth-order valence-electron chi connectivity index (χ4n) is 4.29. The normalized spacial score (nSPS) is 14.3. The Kier molecular flexibility index (Phi) is 7.88. The molecule has 1 amide bonds. The summed E-state index contributed by atoms with van der Waals surface area (Å²) in [6.07, 6.45) is 5.01. The lowest BCUT2D eigenvalue weighted by atomic mass is 9.97. The molecule has 0 saturated carbocycles. The number of rotatable bonds is 9. The number of fused-ring (bicyclic) bond motifs is 3. The Morgan fingerprint density at radius 3 is 2.79 bits per heavy atom. The summed E-state index contributed by atoms with van der Waals surface area (Å²) < 4.78 is 6.95. The molecule has 0 fully saturated rings. The Labute approximate surface area is 203 Å². The van der Waals surface area contributed by atoms with Gasteiger partial charge in [-0.05, 0) is 50.2 Å². The molecule has 4 rings (SSSR count). The number of aromatic nitrogens is 2. The van der Waals surface area contributed by atoms with Crippen molar-refractivity contribution in [1.29, 1.82) is 0 Å². The molecule has 176 valence electrons. The molecule has 1 aliphatic rings. The van der Waals surface area contributed by atoms with Crippen molar-refractivity contribution in [2.75, 3.05) is 26.5 Å². The average molecular weight is 486 g/mol. The van der Waals surface area contributed by atoms with Crippen LogP contribution in [0, 0.1) is 0 Å². The summed E-state index contributed by atoms with van der Waals surface area (Å²) in [6, 6.07) is 9.98. The molecule has 2 heterocycles. The first-order valence-electron chi connectivity index (χ1n) is 11.5. The summed E-state index contributed by atoms with van der Waals surface area (Å²) in [6.45, 7) is 3.14. The fraction of sp³-hybridized carbons (Fsp3) is 0.480. The molecule has 1 aromatic carbocycles. The number of thiophene rings is 1. The molecule has 0 bridgehead atoms. The van der Waals surface area contributed by atoms with Gasteiger partial charge in [0.1, 0.15) is 4.83 Å². The minimum atomic E-state index is -0.0253. The van der Waals surface area contributed by atoms with Crippen LogP contribution < -0.4 is 5.56 Å². The van der Waals surface area contributed by atoms with Crippen molar-refractivity contribution in [3.05, 3.63) is 56.7 Å². The van der Waals surface area contributed by atoms with E-state index in [9.17, 15) is 9.59 Å². The monoisotopic (exact) mass is 485 g/mol. The van der Waals surface area contributed by atoms with E-state index in [4.69, 9.17) is 9.72 Å². The Morgan fingerprint density at radius 1 is 1.27 bits per heavy atom. The van der Waals surface area contributed by atoms with Crippen LogP contribution in [0.15, 0.2) is 40.3 Å². The van der Waals surface area contributed by atoms with Gasteiger partial charge in [-0.25, -0.2) is 4.98 Å². The molecule has 0 aliphatic heterocycles. The number of amides is 1. The molecule has 0 radical (unpaired) electrons. The lowest BCUT2D eigenvalue weighted by Gasteiger charge is -2.25. The quantitative estimate of drug-likeness (QED) is 0.250. The van der Waals surface area contributed by atoms with E-state index >= 15 is 0 Å². The molecule has 33 heavy (non-hydrogen) atoms. The number of thioether (sulfide) groups is 1. The van der Waals surface area contributed by atoms with Crippen molar-refractivity contribution in [1.82, 2.24) is 14.5 Å². The third-order valence-corrected chi connectivity index (χ3v) is 8.50. The van der Waals surface area contributed by atoms with Gasteiger partial charge in [0.25, 0.3) is 5.56 Å². The van der Waals surface area contributed by atoms with Gasteiger partial charge in [-0.15, -0.1) is 11.3 Å². The van der Waals surface area contributed by atoms with Gasteiger partial charge in [0.05, 0.1) is 17.2 Å². The van der Waals surface area contributed by atoms with E-state index in [1.165, 1.54) is 28.6 Å². The summed E-state index contributed by atoms with van der Waals surface area (Å²) in [5.41, 5.74) is 2.32. The highest BCUT2D eigenvalue weighted by atomic mass is 32.2. The van der Waals surface area contributed by atoms with E-state index in [1.807, 2.05) is 44.3 Å². The van der Waals surface area contributed by atoms with E-state index in [-0.39, 0.29) is 23.3 Å². The Bertz CT molecular complexity index is 1170. The summed E-state index contributed by atoms with van der Waals surface area (Å²) in [7, 11) is 3.49. The molecule has 3 aromatic rings. The molecular weight excluding hydrogens is 454 g/mol. The highest BCUT2D eigenvalue weighted by molar-refractivity contribution is 7.99. The first-order chi connectivity index (χ1) is 16.0. The molecule has 0 N–H and O–H groups in total. The van der Waals surface area contributed by atoms with Crippen molar-refractivity contribution in [3.63, 3.8) is 0 Å². The first-order valence-corrected chi connectivity index (χ1v) is 13.3. The molecule has 0 spiro atoms. The third kappa shape index (κ3) is 5.18. The van der Waals surface area contributed by atoms with Crippen LogP contribution in [0.25, 0.3) is 10.2 Å². The largest absolute Gasteiger partial charge is 0.385 e. The SMILES string of the molecule is COCCCn1c(SCC(=O)N(C)C(C)c2ccccc2)nc2sc3c(c2c1=O)CCCC3. The van der Waals surface area contributed by atoms with Crippen LogP contribution in [0.5, 0.6) is 0 Å². The van der Waals surface area contributed by atoms with Crippen molar-refractivity contribution in [2.45, 2.75) is 56.8 Å². The van der Waals surface area contributed by atoms with Gasteiger partial charge < -0.3 is 9.64 Å². The second-order valence-corrected chi connectivity index (χ2v) is 10.5. The Balaban J connectivity index is 1.58. The molecule has 0 saturated heterocycles. The van der Waals surface area contributed by atoms with Gasteiger partial charge in [-0.2, -0.15) is 0 Å². The van der Waals surface area contributed by atoms with E-state index in [1.54, 1.807) is 27.9 Å². The van der Waals surface area contributed by atoms with E-state index in [0.717, 1.165) is 41.5 Å². The van der Waals surface area contributed by atoms with Gasteiger partial charge in [-0.3, -0.25) is 14.2 Å². The van der Waals surface area contributed by atoms with Crippen molar-refractivity contribution in [3.8, 4) is 0 Å². The van der Waals surface area contributed by atoms with Gasteiger partial charge >= 0.3 is 0 Å². The average Bonchev–Trinajstić information content (AvgIpc) is 3.22. The van der Waals surface area contributed by atoms with Crippen LogP contribution in [-0.4, -0.2) is 46.9 Å². The third-order valence-electron chi connectivity index (χ3n) is 6.35. The van der Waals surface area contributed by atoms with Crippen LogP contribution >= 0.6 is 23.1 Å². The maximum absolute atomic E-state index is 13.5. The Morgan fingerprint density at radius 2 is 2.03 bits per heavy atom. The lowest BCUT2D eigenvalue weighted by molar-refractivity contribution is -0.128. The molecule has 2 aromatic heterocycles. The maximum Gasteiger partial charge on any atom is 0.263 e. The van der Waals surface area contributed by atoms with Crippen LogP contribution in [0.1, 0.15) is 48.2 Å². The number of carbonyl (C=O) groups excluding carboxylic acids is 1. The highest BCUT2D eigenvalue weighted by Crippen LogP contribution is 2.35. The van der Waals surface area contributed by atoms with Crippen molar-refractivity contribution < 1.29 is 9.53 Å². The number of methoxy groups -OCH3 is 1.